The third-order valence-corrected chi connectivity index (χ3v) is 5.01. The molecule has 7 nitrogen and oxygen atoms in total. The average molecular weight is 473 g/mol. The molecule has 1 aliphatic rings. The van der Waals surface area contributed by atoms with Crippen LogP contribution in [0, 0.1) is 13.8 Å². The van der Waals surface area contributed by atoms with E-state index in [9.17, 15) is 14.4 Å². The van der Waals surface area contributed by atoms with E-state index in [4.69, 9.17) is 9.47 Å². The summed E-state index contributed by atoms with van der Waals surface area (Å²) >= 11 is 3.42. The predicted molar refractivity (Wildman–Crippen MR) is 117 cm³/mol. The molecule has 0 saturated carbocycles. The monoisotopic (exact) mass is 472 g/mol. The number of hydrogen-bond acceptors (Lipinski definition) is 5. The summed E-state index contributed by atoms with van der Waals surface area (Å²) < 4.78 is 11.5. The van der Waals surface area contributed by atoms with Gasteiger partial charge in [-0.15, -0.1) is 0 Å². The van der Waals surface area contributed by atoms with Crippen LogP contribution in [0.2, 0.25) is 0 Å². The van der Waals surface area contributed by atoms with E-state index in [2.05, 4.69) is 21.2 Å². The highest BCUT2D eigenvalue weighted by Crippen LogP contribution is 2.37. The Morgan fingerprint density at radius 1 is 1.07 bits per heavy atom. The number of ether oxygens (including phenoxy) is 2. The summed E-state index contributed by atoms with van der Waals surface area (Å²) in [5, 5.41) is 2.23. The van der Waals surface area contributed by atoms with Crippen LogP contribution >= 0.6 is 15.9 Å². The van der Waals surface area contributed by atoms with Crippen LogP contribution < -0.4 is 19.7 Å². The van der Waals surface area contributed by atoms with Crippen molar-refractivity contribution in [2.75, 3.05) is 18.6 Å². The first-order valence-electron chi connectivity index (χ1n) is 9.25. The van der Waals surface area contributed by atoms with Gasteiger partial charge in [-0.25, -0.2) is 9.69 Å². The van der Waals surface area contributed by atoms with Gasteiger partial charge in [-0.05, 0) is 83.7 Å². The van der Waals surface area contributed by atoms with E-state index in [0.717, 1.165) is 16.0 Å². The SMILES string of the molecule is CCOc1c(Br)cc(C=C2C(=O)NC(=O)N(c3cc(C)cc(C)c3)C2=O)cc1OC. The van der Waals surface area contributed by atoms with Crippen molar-refractivity contribution < 1.29 is 23.9 Å². The van der Waals surface area contributed by atoms with Crippen molar-refractivity contribution in [3.05, 3.63) is 57.1 Å². The third kappa shape index (κ3) is 4.23. The summed E-state index contributed by atoms with van der Waals surface area (Å²) in [5.74, 6) is -0.482. The first-order chi connectivity index (χ1) is 14.2. The van der Waals surface area contributed by atoms with Crippen LogP contribution in [0.1, 0.15) is 23.6 Å². The van der Waals surface area contributed by atoms with Gasteiger partial charge in [0.1, 0.15) is 5.57 Å². The van der Waals surface area contributed by atoms with Crippen LogP contribution in [-0.2, 0) is 9.59 Å². The molecular formula is C22H21BrN2O5. The minimum Gasteiger partial charge on any atom is -0.493 e. The number of nitrogens with zero attached hydrogens (tertiary/aromatic N) is 1. The normalized spacial score (nSPS) is 15.4. The van der Waals surface area contributed by atoms with Crippen molar-refractivity contribution in [2.45, 2.75) is 20.8 Å². The molecular weight excluding hydrogens is 452 g/mol. The second-order valence-electron chi connectivity index (χ2n) is 6.77. The molecule has 1 fully saturated rings. The average Bonchev–Trinajstić information content (AvgIpc) is 2.66. The zero-order valence-electron chi connectivity index (χ0n) is 17.0. The Morgan fingerprint density at radius 3 is 2.33 bits per heavy atom. The fourth-order valence-corrected chi connectivity index (χ4v) is 3.82. The number of nitrogens with one attached hydrogen (secondary N) is 1. The van der Waals surface area contributed by atoms with Gasteiger partial charge in [-0.3, -0.25) is 14.9 Å². The molecule has 0 spiro atoms. The quantitative estimate of drug-likeness (QED) is 0.521. The fraction of sp³-hybridized carbons (Fsp3) is 0.227. The first kappa shape index (κ1) is 21.6. The maximum atomic E-state index is 13.1. The van der Waals surface area contributed by atoms with Gasteiger partial charge in [0.2, 0.25) is 0 Å². The molecule has 2 aromatic rings. The molecule has 0 atom stereocenters. The van der Waals surface area contributed by atoms with E-state index < -0.39 is 17.8 Å². The Balaban J connectivity index is 2.05. The summed E-state index contributed by atoms with van der Waals surface area (Å²) in [6, 6.07) is 7.95. The highest BCUT2D eigenvalue weighted by atomic mass is 79.9. The number of halogens is 1. The number of hydrogen-bond donors (Lipinski definition) is 1. The van der Waals surface area contributed by atoms with E-state index in [-0.39, 0.29) is 5.57 Å². The van der Waals surface area contributed by atoms with Gasteiger partial charge in [0, 0.05) is 0 Å². The lowest BCUT2D eigenvalue weighted by atomic mass is 10.0. The number of methoxy groups -OCH3 is 1. The van der Waals surface area contributed by atoms with E-state index in [1.54, 1.807) is 24.3 Å². The van der Waals surface area contributed by atoms with E-state index in [1.807, 2.05) is 26.8 Å². The van der Waals surface area contributed by atoms with E-state index in [0.29, 0.717) is 33.8 Å². The maximum absolute atomic E-state index is 13.1. The number of rotatable bonds is 5. The molecule has 1 heterocycles. The van der Waals surface area contributed by atoms with Crippen molar-refractivity contribution in [2.24, 2.45) is 0 Å². The number of aryl methyl sites for hydroxylation is 2. The second kappa shape index (κ2) is 8.71. The minimum atomic E-state index is -0.780. The van der Waals surface area contributed by atoms with Crippen LogP contribution in [-0.4, -0.2) is 31.6 Å². The number of urea groups is 1. The van der Waals surface area contributed by atoms with Gasteiger partial charge in [0.05, 0.1) is 23.9 Å². The van der Waals surface area contributed by atoms with Crippen LogP contribution in [0.15, 0.2) is 40.4 Å². The Morgan fingerprint density at radius 2 is 1.73 bits per heavy atom. The highest BCUT2D eigenvalue weighted by molar-refractivity contribution is 9.10. The topological polar surface area (TPSA) is 84.9 Å². The largest absolute Gasteiger partial charge is 0.493 e. The number of benzene rings is 2. The highest BCUT2D eigenvalue weighted by Gasteiger charge is 2.37. The number of amides is 4. The van der Waals surface area contributed by atoms with Crippen molar-refractivity contribution in [1.82, 2.24) is 5.32 Å². The van der Waals surface area contributed by atoms with Crippen molar-refractivity contribution >= 4 is 45.5 Å². The summed E-state index contributed by atoms with van der Waals surface area (Å²) in [5.41, 5.74) is 2.57. The molecule has 0 unspecified atom stereocenters. The van der Waals surface area contributed by atoms with Gasteiger partial charge in [-0.1, -0.05) is 6.07 Å². The van der Waals surface area contributed by atoms with Gasteiger partial charge >= 0.3 is 6.03 Å². The van der Waals surface area contributed by atoms with Crippen LogP contribution in [0.25, 0.3) is 6.08 Å². The number of barbiturate groups is 1. The zero-order valence-corrected chi connectivity index (χ0v) is 18.6. The summed E-state index contributed by atoms with van der Waals surface area (Å²) in [6.07, 6.45) is 1.42. The van der Waals surface area contributed by atoms with Crippen molar-refractivity contribution in [3.63, 3.8) is 0 Å². The molecule has 1 aliphatic heterocycles. The number of anilines is 1. The Kier molecular flexibility index (Phi) is 6.26. The van der Waals surface area contributed by atoms with Crippen molar-refractivity contribution in [1.29, 1.82) is 0 Å². The standard InChI is InChI=1S/C22H21BrN2O5/c1-5-30-19-17(23)10-14(11-18(19)29-4)9-16-20(26)24-22(28)25(21(16)27)15-7-12(2)6-13(3)8-15/h6-11H,5H2,1-4H3,(H,24,26,28). The fourth-order valence-electron chi connectivity index (χ4n) is 3.25. The lowest BCUT2D eigenvalue weighted by molar-refractivity contribution is -0.122. The summed E-state index contributed by atoms with van der Waals surface area (Å²) in [4.78, 5) is 38.9. The number of imide groups is 2. The predicted octanol–water partition coefficient (Wildman–Crippen LogP) is 4.14. The lowest BCUT2D eigenvalue weighted by Crippen LogP contribution is -2.54. The van der Waals surface area contributed by atoms with Gasteiger partial charge in [0.15, 0.2) is 11.5 Å². The molecule has 4 amide bonds. The Hall–Kier alpha value is -3.13. The molecule has 2 aromatic carbocycles. The molecule has 8 heteroatoms. The van der Waals surface area contributed by atoms with Crippen LogP contribution in [0.3, 0.4) is 0 Å². The molecule has 30 heavy (non-hydrogen) atoms. The third-order valence-electron chi connectivity index (χ3n) is 4.42. The lowest BCUT2D eigenvalue weighted by Gasteiger charge is -2.27. The van der Waals surface area contributed by atoms with Gasteiger partial charge in [0.25, 0.3) is 11.8 Å². The van der Waals surface area contributed by atoms with E-state index in [1.165, 1.54) is 13.2 Å². The molecule has 0 aliphatic carbocycles. The van der Waals surface area contributed by atoms with E-state index >= 15 is 0 Å². The molecule has 1 saturated heterocycles. The number of carbonyl (C=O) groups excluding carboxylic acids is 3. The molecule has 0 radical (unpaired) electrons. The molecule has 1 N–H and O–H groups in total. The Labute approximate surface area is 182 Å². The first-order valence-corrected chi connectivity index (χ1v) is 10.0. The van der Waals surface area contributed by atoms with Gasteiger partial charge in [-0.2, -0.15) is 0 Å². The molecule has 156 valence electrons. The Bertz CT molecular complexity index is 1060. The second-order valence-corrected chi connectivity index (χ2v) is 7.63. The summed E-state index contributed by atoms with van der Waals surface area (Å²) in [6.45, 7) is 6.04. The van der Waals surface area contributed by atoms with Crippen molar-refractivity contribution in [3.8, 4) is 11.5 Å². The zero-order chi connectivity index (χ0) is 22.0. The minimum absolute atomic E-state index is 0.160. The molecule has 0 bridgehead atoms. The van der Waals surface area contributed by atoms with Crippen LogP contribution in [0.4, 0.5) is 10.5 Å². The van der Waals surface area contributed by atoms with Crippen LogP contribution in [0.5, 0.6) is 11.5 Å². The molecule has 3 rings (SSSR count). The number of carbonyl (C=O) groups is 3. The smallest absolute Gasteiger partial charge is 0.335 e. The summed E-state index contributed by atoms with van der Waals surface area (Å²) in [7, 11) is 1.50. The molecule has 0 aromatic heterocycles. The van der Waals surface area contributed by atoms with Gasteiger partial charge < -0.3 is 9.47 Å². The maximum Gasteiger partial charge on any atom is 0.335 e.